The molecule has 4 aromatic rings. The molecule has 0 radical (unpaired) electrons. The summed E-state index contributed by atoms with van der Waals surface area (Å²) in [6.45, 7) is 3.09. The Kier molecular flexibility index (Phi) is 8.62. The van der Waals surface area contributed by atoms with E-state index in [0.29, 0.717) is 0 Å². The summed E-state index contributed by atoms with van der Waals surface area (Å²) in [5.74, 6) is 1.00. The lowest BCUT2D eigenvalue weighted by Crippen LogP contribution is -2.23. The highest BCUT2D eigenvalue weighted by Gasteiger charge is 2.22. The molecule has 3 nitrogen and oxygen atoms in total. The molecule has 4 heteroatoms. The topological polar surface area (TPSA) is 18.5 Å². The van der Waals surface area contributed by atoms with Crippen molar-refractivity contribution < 1.29 is 0 Å². The Labute approximate surface area is 250 Å². The molecule has 0 saturated carbocycles. The van der Waals surface area contributed by atoms with Crippen LogP contribution >= 0.6 is 11.8 Å². The molecule has 0 amide bonds. The van der Waals surface area contributed by atoms with Gasteiger partial charge in [-0.05, 0) is 122 Å². The van der Waals surface area contributed by atoms with Crippen molar-refractivity contribution >= 4 is 28.7 Å². The Hall–Kier alpha value is -3.31. The van der Waals surface area contributed by atoms with Crippen LogP contribution in [0.15, 0.2) is 95.9 Å². The maximum Gasteiger partial charge on any atom is 0.0443 e. The summed E-state index contributed by atoms with van der Waals surface area (Å²) >= 11 is 1.97. The Balaban J connectivity index is 1.36. The van der Waals surface area contributed by atoms with Crippen LogP contribution < -0.4 is 10.2 Å². The molecule has 0 atom stereocenters. The molecule has 0 spiro atoms. The smallest absolute Gasteiger partial charge is 0.0443 e. The Morgan fingerprint density at radius 2 is 1.54 bits per heavy atom. The molecule has 210 valence electrons. The van der Waals surface area contributed by atoms with E-state index in [9.17, 15) is 0 Å². The van der Waals surface area contributed by atoms with Crippen molar-refractivity contribution in [3.63, 3.8) is 0 Å². The summed E-state index contributed by atoms with van der Waals surface area (Å²) in [4.78, 5) is 6.19. The van der Waals surface area contributed by atoms with Gasteiger partial charge in [0.2, 0.25) is 0 Å². The van der Waals surface area contributed by atoms with Crippen LogP contribution in [0.2, 0.25) is 0 Å². The molecule has 6 rings (SSSR count). The molecule has 0 aliphatic carbocycles. The van der Waals surface area contributed by atoms with Gasteiger partial charge in [-0.15, -0.1) is 11.8 Å². The minimum Gasteiger partial charge on any atom is -0.341 e. The van der Waals surface area contributed by atoms with E-state index in [1.54, 1.807) is 0 Å². The summed E-state index contributed by atoms with van der Waals surface area (Å²) in [7, 11) is 6.34. The second kappa shape index (κ2) is 12.7. The predicted octanol–water partition coefficient (Wildman–Crippen LogP) is 8.19. The minimum absolute atomic E-state index is 1.00. The Morgan fingerprint density at radius 1 is 0.805 bits per heavy atom. The largest absolute Gasteiger partial charge is 0.341 e. The summed E-state index contributed by atoms with van der Waals surface area (Å²) in [6, 6.07) is 32.2. The number of benzene rings is 4. The van der Waals surface area contributed by atoms with Gasteiger partial charge in [0.1, 0.15) is 0 Å². The first-order chi connectivity index (χ1) is 20.1. The highest BCUT2D eigenvalue weighted by atomic mass is 32.2. The number of hydrogen-bond acceptors (Lipinski definition) is 4. The van der Waals surface area contributed by atoms with Crippen LogP contribution in [0.1, 0.15) is 40.7 Å². The third-order valence-corrected chi connectivity index (χ3v) is 9.45. The van der Waals surface area contributed by atoms with E-state index in [4.69, 9.17) is 0 Å². The van der Waals surface area contributed by atoms with Crippen molar-refractivity contribution in [3.05, 3.63) is 119 Å². The van der Waals surface area contributed by atoms with E-state index in [1.165, 1.54) is 60.8 Å². The molecule has 0 bridgehead atoms. The van der Waals surface area contributed by atoms with Crippen LogP contribution in [0.25, 0.3) is 16.7 Å². The fourth-order valence-corrected chi connectivity index (χ4v) is 7.32. The molecule has 0 aromatic heterocycles. The highest BCUT2D eigenvalue weighted by molar-refractivity contribution is 7.98. The van der Waals surface area contributed by atoms with E-state index in [2.05, 4.69) is 120 Å². The lowest BCUT2D eigenvalue weighted by atomic mass is 9.91. The summed E-state index contributed by atoms with van der Waals surface area (Å²) in [5, 5.41) is 3.32. The third-order valence-electron chi connectivity index (χ3n) is 8.35. The van der Waals surface area contributed by atoms with Gasteiger partial charge in [0.15, 0.2) is 0 Å². The number of thioether (sulfide) groups is 1. The summed E-state index contributed by atoms with van der Waals surface area (Å²) < 4.78 is 0. The van der Waals surface area contributed by atoms with Gasteiger partial charge in [0, 0.05) is 35.1 Å². The zero-order chi connectivity index (χ0) is 28.2. The van der Waals surface area contributed by atoms with Crippen molar-refractivity contribution in [2.45, 2.75) is 36.3 Å². The molecule has 0 fully saturated rings. The van der Waals surface area contributed by atoms with Crippen molar-refractivity contribution in [2.75, 3.05) is 45.7 Å². The van der Waals surface area contributed by atoms with Crippen LogP contribution in [0.5, 0.6) is 0 Å². The lowest BCUT2D eigenvalue weighted by Gasteiger charge is -2.27. The number of hydrogen-bond donors (Lipinski definition) is 1. The number of nitrogens with zero attached hydrogens (tertiary/aromatic N) is 2. The molecular formula is C37H41N3S. The fourth-order valence-electron chi connectivity index (χ4n) is 6.21. The van der Waals surface area contributed by atoms with E-state index in [1.807, 2.05) is 18.8 Å². The van der Waals surface area contributed by atoms with Crippen molar-refractivity contribution in [1.29, 1.82) is 0 Å². The van der Waals surface area contributed by atoms with Crippen LogP contribution in [0.4, 0.5) is 11.4 Å². The normalized spacial score (nSPS) is 15.1. The second-order valence-corrected chi connectivity index (χ2v) is 12.5. The number of anilines is 2. The van der Waals surface area contributed by atoms with E-state index < -0.39 is 0 Å². The first kappa shape index (κ1) is 27.8. The Morgan fingerprint density at radius 3 is 2.39 bits per heavy atom. The Bertz CT molecular complexity index is 1550. The number of para-hydroxylation sites is 1. The van der Waals surface area contributed by atoms with Gasteiger partial charge in [0.05, 0.1) is 0 Å². The summed E-state index contributed by atoms with van der Waals surface area (Å²) in [6.07, 6.45) is 6.75. The van der Waals surface area contributed by atoms with Crippen molar-refractivity contribution in [3.8, 4) is 11.1 Å². The third kappa shape index (κ3) is 6.01. The molecule has 4 aromatic carbocycles. The highest BCUT2D eigenvalue weighted by Crippen LogP contribution is 2.43. The van der Waals surface area contributed by atoms with Gasteiger partial charge < -0.3 is 15.1 Å². The van der Waals surface area contributed by atoms with Crippen LogP contribution in [-0.4, -0.2) is 45.7 Å². The van der Waals surface area contributed by atoms with Gasteiger partial charge >= 0.3 is 0 Å². The van der Waals surface area contributed by atoms with Gasteiger partial charge in [-0.1, -0.05) is 66.7 Å². The van der Waals surface area contributed by atoms with Gasteiger partial charge in [-0.2, -0.15) is 0 Å². The van der Waals surface area contributed by atoms with Crippen molar-refractivity contribution in [2.24, 2.45) is 0 Å². The first-order valence-electron chi connectivity index (χ1n) is 15.0. The monoisotopic (exact) mass is 559 g/mol. The zero-order valence-corrected chi connectivity index (χ0v) is 25.4. The first-order valence-corrected chi connectivity index (χ1v) is 15.9. The molecule has 2 heterocycles. The minimum atomic E-state index is 1.00. The number of aryl methyl sites for hydroxylation is 2. The van der Waals surface area contributed by atoms with Gasteiger partial charge in [0.25, 0.3) is 0 Å². The maximum absolute atomic E-state index is 3.32. The van der Waals surface area contributed by atoms with Crippen molar-refractivity contribution in [1.82, 2.24) is 10.2 Å². The fraction of sp³-hybridized carbons (Fsp3) is 0.297. The molecule has 1 N–H and O–H groups in total. The molecule has 2 aliphatic rings. The average Bonchev–Trinajstić information content (AvgIpc) is 3.25. The van der Waals surface area contributed by atoms with E-state index >= 15 is 0 Å². The molecule has 2 aliphatic heterocycles. The predicted molar refractivity (Wildman–Crippen MR) is 178 cm³/mol. The second-order valence-electron chi connectivity index (χ2n) is 11.4. The SMILES string of the molecule is CNCCCN1c2ccccc2CCc2cc(-c3ccc4c(c3)SCc3ccccc3/C4=C/CCN(C)C)ccc21. The summed E-state index contributed by atoms with van der Waals surface area (Å²) in [5.41, 5.74) is 13.8. The lowest BCUT2D eigenvalue weighted by molar-refractivity contribution is 0.417. The quantitative estimate of drug-likeness (QED) is 0.219. The van der Waals surface area contributed by atoms with E-state index in [-0.39, 0.29) is 0 Å². The van der Waals surface area contributed by atoms with Crippen LogP contribution in [0, 0.1) is 0 Å². The number of fused-ring (bicyclic) bond motifs is 4. The molecular weight excluding hydrogens is 518 g/mol. The standard InChI is InChI=1S/C37H41N3S/c1-38-21-9-23-40-35-14-7-5-10-27(35)15-16-30-24-28(18-20-36(30)40)29-17-19-34-33(13-8-22-39(2)3)32-12-6-4-11-31(32)26-41-37(34)25-29/h4-7,10-14,17-20,24-25,38H,8-9,15-16,21-23,26H2,1-3H3/b33-13-. The molecule has 41 heavy (non-hydrogen) atoms. The van der Waals surface area contributed by atoms with Crippen LogP contribution in [-0.2, 0) is 18.6 Å². The van der Waals surface area contributed by atoms with E-state index in [0.717, 1.165) is 51.1 Å². The number of nitrogens with one attached hydrogen (secondary N) is 1. The van der Waals surface area contributed by atoms with Crippen LogP contribution in [0.3, 0.4) is 0 Å². The maximum atomic E-state index is 3.32. The molecule has 0 saturated heterocycles. The van der Waals surface area contributed by atoms with Gasteiger partial charge in [-0.25, -0.2) is 0 Å². The number of rotatable bonds is 8. The average molecular weight is 560 g/mol. The zero-order valence-electron chi connectivity index (χ0n) is 24.6. The van der Waals surface area contributed by atoms with Gasteiger partial charge in [-0.3, -0.25) is 0 Å². The molecule has 0 unspecified atom stereocenters.